The third-order valence-electron chi connectivity index (χ3n) is 3.18. The average molecular weight is 329 g/mol. The van der Waals surface area contributed by atoms with E-state index >= 15 is 0 Å². The molecule has 3 aromatic rings. The van der Waals surface area contributed by atoms with Gasteiger partial charge in [0.05, 0.1) is 22.0 Å². The molecule has 1 N–H and O–H groups in total. The van der Waals surface area contributed by atoms with E-state index in [2.05, 4.69) is 15.3 Å². The van der Waals surface area contributed by atoms with Gasteiger partial charge in [0.2, 0.25) is 5.91 Å². The molecule has 2 heterocycles. The molecule has 22 heavy (non-hydrogen) atoms. The minimum absolute atomic E-state index is 0.00793. The zero-order valence-corrected chi connectivity index (χ0v) is 13.7. The second-order valence-corrected chi connectivity index (χ2v) is 7.06. The molecule has 1 unspecified atom stereocenters. The first-order chi connectivity index (χ1) is 10.7. The van der Waals surface area contributed by atoms with Gasteiger partial charge in [-0.1, -0.05) is 23.9 Å². The number of amides is 1. The Labute approximate surface area is 137 Å². The molecule has 0 fully saturated rings. The van der Waals surface area contributed by atoms with Gasteiger partial charge in [0.15, 0.2) is 4.34 Å². The summed E-state index contributed by atoms with van der Waals surface area (Å²) in [6.45, 7) is 1.97. The normalized spacial score (nSPS) is 12.2. The highest BCUT2D eigenvalue weighted by molar-refractivity contribution is 8.01. The van der Waals surface area contributed by atoms with Crippen LogP contribution in [0.25, 0.3) is 10.2 Å². The summed E-state index contributed by atoms with van der Waals surface area (Å²) >= 11 is 3.09. The zero-order valence-electron chi connectivity index (χ0n) is 12.0. The fourth-order valence-corrected chi connectivity index (χ4v) is 3.94. The van der Waals surface area contributed by atoms with Gasteiger partial charge in [0, 0.05) is 12.4 Å². The third kappa shape index (κ3) is 3.64. The van der Waals surface area contributed by atoms with Gasteiger partial charge in [0.1, 0.15) is 0 Å². The highest BCUT2D eigenvalue weighted by atomic mass is 32.2. The number of carbonyl (C=O) groups is 1. The van der Waals surface area contributed by atoms with Gasteiger partial charge >= 0.3 is 0 Å². The van der Waals surface area contributed by atoms with Crippen molar-refractivity contribution >= 4 is 39.2 Å². The quantitative estimate of drug-likeness (QED) is 0.726. The zero-order chi connectivity index (χ0) is 15.4. The molecule has 0 saturated carbocycles. The second kappa shape index (κ2) is 6.89. The summed E-state index contributed by atoms with van der Waals surface area (Å²) in [4.78, 5) is 20.5. The number of thioether (sulfide) groups is 1. The van der Waals surface area contributed by atoms with Crippen molar-refractivity contribution in [2.24, 2.45) is 0 Å². The predicted octanol–water partition coefficient (Wildman–Crippen LogP) is 3.66. The monoisotopic (exact) mass is 329 g/mol. The fraction of sp³-hybridized carbons (Fsp3) is 0.188. The van der Waals surface area contributed by atoms with Crippen LogP contribution in [0.1, 0.15) is 18.5 Å². The van der Waals surface area contributed by atoms with Gasteiger partial charge < -0.3 is 5.32 Å². The Hall–Kier alpha value is -1.92. The summed E-state index contributed by atoms with van der Waals surface area (Å²) in [7, 11) is 0. The van der Waals surface area contributed by atoms with Gasteiger partial charge in [0.25, 0.3) is 0 Å². The average Bonchev–Trinajstić information content (AvgIpc) is 2.96. The number of pyridine rings is 1. The van der Waals surface area contributed by atoms with Crippen molar-refractivity contribution in [3.8, 4) is 0 Å². The Morgan fingerprint density at radius 2 is 2.05 bits per heavy atom. The molecule has 0 spiro atoms. The Morgan fingerprint density at radius 3 is 2.82 bits per heavy atom. The van der Waals surface area contributed by atoms with Gasteiger partial charge in [-0.15, -0.1) is 11.3 Å². The van der Waals surface area contributed by atoms with Crippen molar-refractivity contribution in [3.05, 3.63) is 54.4 Å². The Morgan fingerprint density at radius 1 is 1.27 bits per heavy atom. The number of hydrogen-bond donors (Lipinski definition) is 1. The van der Waals surface area contributed by atoms with E-state index in [1.807, 2.05) is 43.3 Å². The van der Waals surface area contributed by atoms with E-state index in [1.165, 1.54) is 11.8 Å². The number of hydrogen-bond acceptors (Lipinski definition) is 5. The lowest BCUT2D eigenvalue weighted by Gasteiger charge is -2.13. The topological polar surface area (TPSA) is 54.9 Å². The molecule has 0 aliphatic carbocycles. The van der Waals surface area contributed by atoms with E-state index in [4.69, 9.17) is 0 Å². The predicted molar refractivity (Wildman–Crippen MR) is 91.1 cm³/mol. The Balaban J connectivity index is 1.56. The Kier molecular flexibility index (Phi) is 4.70. The number of benzene rings is 1. The molecular weight excluding hydrogens is 314 g/mol. The van der Waals surface area contributed by atoms with Crippen LogP contribution in [-0.4, -0.2) is 21.6 Å². The van der Waals surface area contributed by atoms with E-state index in [1.54, 1.807) is 23.7 Å². The molecule has 1 atom stereocenters. The number of thiazole rings is 1. The first kappa shape index (κ1) is 15.0. The van der Waals surface area contributed by atoms with E-state index in [0.717, 1.165) is 20.1 Å². The molecule has 4 nitrogen and oxygen atoms in total. The minimum Gasteiger partial charge on any atom is -0.349 e. The summed E-state index contributed by atoms with van der Waals surface area (Å²) in [5.41, 5.74) is 2.04. The molecular formula is C16H15N3OS2. The molecule has 3 rings (SSSR count). The van der Waals surface area contributed by atoms with E-state index in [0.29, 0.717) is 5.75 Å². The number of nitrogens with zero attached hydrogens (tertiary/aromatic N) is 2. The molecule has 0 saturated heterocycles. The third-order valence-corrected chi connectivity index (χ3v) is 5.36. The first-order valence-electron chi connectivity index (χ1n) is 6.90. The van der Waals surface area contributed by atoms with Crippen LogP contribution in [0.2, 0.25) is 0 Å². The number of carbonyl (C=O) groups excluding carboxylic acids is 1. The molecule has 2 aromatic heterocycles. The van der Waals surface area contributed by atoms with Crippen LogP contribution in [0.3, 0.4) is 0 Å². The fourth-order valence-electron chi connectivity index (χ4n) is 2.06. The van der Waals surface area contributed by atoms with Gasteiger partial charge in [-0.3, -0.25) is 9.78 Å². The van der Waals surface area contributed by atoms with Crippen LogP contribution in [0, 0.1) is 0 Å². The minimum atomic E-state index is -0.0218. The molecule has 6 heteroatoms. The van der Waals surface area contributed by atoms with E-state index < -0.39 is 0 Å². The van der Waals surface area contributed by atoms with Gasteiger partial charge in [-0.25, -0.2) is 4.98 Å². The van der Waals surface area contributed by atoms with Crippen molar-refractivity contribution in [2.75, 3.05) is 5.75 Å². The van der Waals surface area contributed by atoms with Gasteiger partial charge in [-0.05, 0) is 36.8 Å². The van der Waals surface area contributed by atoms with Crippen LogP contribution >= 0.6 is 23.1 Å². The summed E-state index contributed by atoms with van der Waals surface area (Å²) in [6, 6.07) is 11.8. The molecule has 0 bridgehead atoms. The molecule has 112 valence electrons. The van der Waals surface area contributed by atoms with E-state index in [-0.39, 0.29) is 11.9 Å². The maximum atomic E-state index is 12.0. The van der Waals surface area contributed by atoms with E-state index in [9.17, 15) is 4.79 Å². The van der Waals surface area contributed by atoms with Crippen LogP contribution < -0.4 is 5.32 Å². The highest BCUT2D eigenvalue weighted by Crippen LogP contribution is 2.29. The number of fused-ring (bicyclic) bond motifs is 1. The van der Waals surface area contributed by atoms with Crippen molar-refractivity contribution in [3.63, 3.8) is 0 Å². The standard InChI is InChI=1S/C16H15N3OS2/c1-11(12-6-8-17-9-7-12)18-15(20)10-21-16-19-13-4-2-3-5-14(13)22-16/h2-9,11H,10H2,1H3,(H,18,20). The maximum Gasteiger partial charge on any atom is 0.230 e. The number of rotatable bonds is 5. The lowest BCUT2D eigenvalue weighted by atomic mass is 10.1. The smallest absolute Gasteiger partial charge is 0.230 e. The lowest BCUT2D eigenvalue weighted by molar-refractivity contribution is -0.119. The highest BCUT2D eigenvalue weighted by Gasteiger charge is 2.11. The van der Waals surface area contributed by atoms with Crippen molar-refractivity contribution in [1.29, 1.82) is 0 Å². The molecule has 0 radical (unpaired) electrons. The molecule has 1 aromatic carbocycles. The van der Waals surface area contributed by atoms with Crippen LogP contribution in [0.15, 0.2) is 53.1 Å². The summed E-state index contributed by atoms with van der Waals surface area (Å²) in [6.07, 6.45) is 3.46. The molecule has 0 aliphatic heterocycles. The number of aromatic nitrogens is 2. The SMILES string of the molecule is CC(NC(=O)CSc1nc2ccccc2s1)c1ccncc1. The largest absolute Gasteiger partial charge is 0.349 e. The van der Waals surface area contributed by atoms with Crippen molar-refractivity contribution < 1.29 is 4.79 Å². The van der Waals surface area contributed by atoms with Crippen LogP contribution in [0.5, 0.6) is 0 Å². The van der Waals surface area contributed by atoms with Crippen molar-refractivity contribution in [1.82, 2.24) is 15.3 Å². The maximum absolute atomic E-state index is 12.0. The second-order valence-electron chi connectivity index (χ2n) is 4.81. The van der Waals surface area contributed by atoms with Crippen molar-refractivity contribution in [2.45, 2.75) is 17.3 Å². The Bertz CT molecular complexity index is 740. The first-order valence-corrected chi connectivity index (χ1v) is 8.70. The summed E-state index contributed by atoms with van der Waals surface area (Å²) < 4.78 is 2.07. The number of para-hydroxylation sites is 1. The lowest BCUT2D eigenvalue weighted by Crippen LogP contribution is -2.28. The summed E-state index contributed by atoms with van der Waals surface area (Å²) in [5.74, 6) is 0.378. The number of nitrogens with one attached hydrogen (secondary N) is 1. The van der Waals surface area contributed by atoms with Crippen LogP contribution in [-0.2, 0) is 4.79 Å². The van der Waals surface area contributed by atoms with Crippen LogP contribution in [0.4, 0.5) is 0 Å². The molecule has 0 aliphatic rings. The molecule has 1 amide bonds. The van der Waals surface area contributed by atoms with Gasteiger partial charge in [-0.2, -0.15) is 0 Å². The summed E-state index contributed by atoms with van der Waals surface area (Å²) in [5, 5.41) is 2.99.